The third kappa shape index (κ3) is 5.32. The van der Waals surface area contributed by atoms with Crippen LogP contribution in [0.2, 0.25) is 0 Å². The van der Waals surface area contributed by atoms with Gasteiger partial charge in [0, 0.05) is 12.7 Å². The van der Waals surface area contributed by atoms with Crippen LogP contribution in [0.3, 0.4) is 0 Å². The molecule has 0 saturated heterocycles. The molecule has 0 unspecified atom stereocenters. The van der Waals surface area contributed by atoms with Gasteiger partial charge in [-0.1, -0.05) is 82.0 Å². The van der Waals surface area contributed by atoms with Gasteiger partial charge in [0.25, 0.3) is 0 Å². The molecule has 148 valence electrons. The monoisotopic (exact) mass is 370 g/mol. The molecule has 0 radical (unpaired) electrons. The second kappa shape index (κ2) is 10.5. The van der Waals surface area contributed by atoms with Crippen LogP contribution in [-0.2, 0) is 19.9 Å². The second-order valence-corrected chi connectivity index (χ2v) is 7.43. The fourth-order valence-electron chi connectivity index (χ4n) is 3.52. The summed E-state index contributed by atoms with van der Waals surface area (Å²) in [6.45, 7) is 6.18. The van der Waals surface area contributed by atoms with Gasteiger partial charge in [-0.25, -0.2) is 4.79 Å². The Kier molecular flexibility index (Phi) is 8.30. The summed E-state index contributed by atoms with van der Waals surface area (Å²) in [7, 11) is 1.58. The van der Waals surface area contributed by atoms with Crippen molar-refractivity contribution in [1.29, 1.82) is 0 Å². The number of methoxy groups -OCH3 is 1. The third-order valence-corrected chi connectivity index (χ3v) is 5.38. The minimum absolute atomic E-state index is 0.0338. The molecule has 0 aliphatic rings. The van der Waals surface area contributed by atoms with Gasteiger partial charge in [0.15, 0.2) is 5.60 Å². The van der Waals surface area contributed by atoms with E-state index in [1.54, 1.807) is 7.11 Å². The first-order chi connectivity index (χ1) is 13.1. The van der Waals surface area contributed by atoms with Crippen LogP contribution < -0.4 is 0 Å². The maximum Gasteiger partial charge on any atom is 0.343 e. The zero-order valence-electron chi connectivity index (χ0n) is 17.3. The van der Waals surface area contributed by atoms with Crippen molar-refractivity contribution in [3.05, 3.63) is 48.0 Å². The lowest BCUT2D eigenvalue weighted by atomic mass is 9.90. The summed E-state index contributed by atoms with van der Waals surface area (Å²) in [4.78, 5) is 13.2. The Morgan fingerprint density at radius 1 is 0.963 bits per heavy atom. The van der Waals surface area contributed by atoms with Crippen molar-refractivity contribution in [3.63, 3.8) is 0 Å². The lowest BCUT2D eigenvalue weighted by Crippen LogP contribution is -2.38. The predicted molar refractivity (Wildman–Crippen MR) is 112 cm³/mol. The summed E-state index contributed by atoms with van der Waals surface area (Å²) >= 11 is 0. The first kappa shape index (κ1) is 21.4. The van der Waals surface area contributed by atoms with Crippen molar-refractivity contribution in [2.24, 2.45) is 0 Å². The normalized spacial score (nSPS) is 14.7. The number of fused-ring (bicyclic) bond motifs is 1. The highest BCUT2D eigenvalue weighted by molar-refractivity contribution is 5.92. The van der Waals surface area contributed by atoms with Crippen LogP contribution >= 0.6 is 0 Å². The van der Waals surface area contributed by atoms with Gasteiger partial charge in [-0.2, -0.15) is 0 Å². The topological polar surface area (TPSA) is 35.5 Å². The van der Waals surface area contributed by atoms with Crippen LogP contribution in [-0.4, -0.2) is 19.2 Å². The Morgan fingerprint density at radius 2 is 1.63 bits per heavy atom. The summed E-state index contributed by atoms with van der Waals surface area (Å²) in [5.74, 6) is -0.293. The van der Waals surface area contributed by atoms with E-state index in [1.807, 2.05) is 37.3 Å². The smallest absolute Gasteiger partial charge is 0.343 e. The van der Waals surface area contributed by atoms with Crippen LogP contribution in [0.1, 0.15) is 71.3 Å². The Morgan fingerprint density at radius 3 is 2.33 bits per heavy atom. The molecule has 0 aliphatic carbocycles. The number of hydrogen-bond acceptors (Lipinski definition) is 3. The maximum absolute atomic E-state index is 13.2. The molecule has 0 amide bonds. The number of carbonyl (C=O) groups is 1. The van der Waals surface area contributed by atoms with E-state index in [9.17, 15) is 4.79 Å². The first-order valence-corrected chi connectivity index (χ1v) is 10.3. The van der Waals surface area contributed by atoms with Crippen LogP contribution in [0, 0.1) is 0 Å². The molecule has 0 fully saturated rings. The average molecular weight is 371 g/mol. The highest BCUT2D eigenvalue weighted by Crippen LogP contribution is 2.33. The van der Waals surface area contributed by atoms with E-state index in [0.717, 1.165) is 48.4 Å². The maximum atomic E-state index is 13.2. The highest BCUT2D eigenvalue weighted by atomic mass is 16.6. The molecule has 27 heavy (non-hydrogen) atoms. The minimum atomic E-state index is -1.11. The van der Waals surface area contributed by atoms with Crippen molar-refractivity contribution in [1.82, 2.24) is 0 Å². The van der Waals surface area contributed by atoms with Crippen molar-refractivity contribution in [2.75, 3.05) is 7.11 Å². The molecule has 3 nitrogen and oxygen atoms in total. The summed E-state index contributed by atoms with van der Waals surface area (Å²) < 4.78 is 11.7. The lowest BCUT2D eigenvalue weighted by molar-refractivity contribution is -0.174. The third-order valence-electron chi connectivity index (χ3n) is 5.38. The van der Waals surface area contributed by atoms with Crippen molar-refractivity contribution in [2.45, 2.75) is 77.4 Å². The number of rotatable bonds is 11. The Bertz CT molecular complexity index is 719. The molecule has 2 atom stereocenters. The summed E-state index contributed by atoms with van der Waals surface area (Å²) in [6.07, 6.45) is 7.42. The number of esters is 1. The molecule has 2 rings (SSSR count). The van der Waals surface area contributed by atoms with Gasteiger partial charge < -0.3 is 9.47 Å². The van der Waals surface area contributed by atoms with Crippen LogP contribution in [0.5, 0.6) is 0 Å². The zero-order chi connectivity index (χ0) is 19.7. The van der Waals surface area contributed by atoms with Gasteiger partial charge in [-0.05, 0) is 37.0 Å². The van der Waals surface area contributed by atoms with E-state index in [2.05, 4.69) is 26.0 Å². The van der Waals surface area contributed by atoms with E-state index in [0.29, 0.717) is 0 Å². The number of hydrogen-bond donors (Lipinski definition) is 0. The van der Waals surface area contributed by atoms with Crippen molar-refractivity contribution >= 4 is 16.7 Å². The van der Waals surface area contributed by atoms with Gasteiger partial charge in [-0.15, -0.1) is 0 Å². The quantitative estimate of drug-likeness (QED) is 0.340. The van der Waals surface area contributed by atoms with Gasteiger partial charge >= 0.3 is 5.97 Å². The van der Waals surface area contributed by atoms with Crippen molar-refractivity contribution in [3.8, 4) is 0 Å². The van der Waals surface area contributed by atoms with E-state index >= 15 is 0 Å². The van der Waals surface area contributed by atoms with E-state index in [4.69, 9.17) is 9.47 Å². The van der Waals surface area contributed by atoms with Gasteiger partial charge in [0.05, 0.1) is 0 Å². The Balaban J connectivity index is 2.25. The number of benzene rings is 2. The molecule has 2 aromatic carbocycles. The number of carbonyl (C=O) groups excluding carboxylic acids is 1. The average Bonchev–Trinajstić information content (AvgIpc) is 2.70. The number of unbranched alkanes of at least 4 members (excludes halogenated alkanes) is 3. The van der Waals surface area contributed by atoms with Crippen LogP contribution in [0.15, 0.2) is 42.5 Å². The van der Waals surface area contributed by atoms with Gasteiger partial charge in [0.1, 0.15) is 6.10 Å². The fraction of sp³-hybridized carbons (Fsp3) is 0.542. The van der Waals surface area contributed by atoms with Crippen LogP contribution in [0.4, 0.5) is 0 Å². The first-order valence-electron chi connectivity index (χ1n) is 10.3. The highest BCUT2D eigenvalue weighted by Gasteiger charge is 2.39. The zero-order valence-corrected chi connectivity index (χ0v) is 17.3. The lowest BCUT2D eigenvalue weighted by Gasteiger charge is -2.30. The molecular formula is C24H34O3. The summed E-state index contributed by atoms with van der Waals surface area (Å²) in [5.41, 5.74) is -0.258. The summed E-state index contributed by atoms with van der Waals surface area (Å²) in [5, 5.41) is 2.12. The molecule has 0 spiro atoms. The largest absolute Gasteiger partial charge is 0.460 e. The molecule has 0 aromatic heterocycles. The SMILES string of the molecule is CCCCC[C@H](CCCC)OC(=O)[C@@](C)(OC)c1cccc2ccccc12. The van der Waals surface area contributed by atoms with Gasteiger partial charge in [0.2, 0.25) is 0 Å². The molecule has 0 bridgehead atoms. The van der Waals surface area contributed by atoms with Crippen molar-refractivity contribution < 1.29 is 14.3 Å². The standard InChI is InChI=1S/C24H34O3/c1-5-7-9-16-20(15-8-6-2)27-23(25)24(3,26-4)22-18-12-14-19-13-10-11-17-21(19)22/h10-14,17-18,20H,5-9,15-16H2,1-4H3/t20-,24-/m0/s1. The minimum Gasteiger partial charge on any atom is -0.460 e. The predicted octanol–water partition coefficient (Wildman–Crippen LogP) is 6.38. The van der Waals surface area contributed by atoms with E-state index < -0.39 is 5.60 Å². The molecule has 3 heteroatoms. The second-order valence-electron chi connectivity index (χ2n) is 7.43. The molecular weight excluding hydrogens is 336 g/mol. The van der Waals surface area contributed by atoms with Gasteiger partial charge in [-0.3, -0.25) is 0 Å². The van der Waals surface area contributed by atoms with E-state index in [1.165, 1.54) is 12.8 Å². The fourth-order valence-corrected chi connectivity index (χ4v) is 3.52. The molecule has 0 heterocycles. The molecule has 0 aliphatic heterocycles. The molecule has 2 aromatic rings. The Labute approximate surface area is 164 Å². The molecule has 0 N–H and O–H groups in total. The Hall–Kier alpha value is -1.87. The summed E-state index contributed by atoms with van der Waals surface area (Å²) in [6, 6.07) is 14.1. The number of ether oxygens (including phenoxy) is 2. The van der Waals surface area contributed by atoms with Crippen LogP contribution in [0.25, 0.3) is 10.8 Å². The van der Waals surface area contributed by atoms with E-state index in [-0.39, 0.29) is 12.1 Å². The molecule has 0 saturated carbocycles.